The number of carbonyl (C=O) groups is 1. The van der Waals surface area contributed by atoms with Crippen LogP contribution < -0.4 is 10.5 Å². The lowest BCUT2D eigenvalue weighted by Gasteiger charge is -2.36. The highest BCUT2D eigenvalue weighted by Crippen LogP contribution is 2.37. The first-order valence-corrected chi connectivity index (χ1v) is 14.0. The summed E-state index contributed by atoms with van der Waals surface area (Å²) in [4.78, 5) is 33.4. The van der Waals surface area contributed by atoms with Crippen LogP contribution in [0.3, 0.4) is 0 Å². The molecular weight excluding hydrogens is 526 g/mol. The molecule has 0 atom stereocenters. The summed E-state index contributed by atoms with van der Waals surface area (Å²) in [5.74, 6) is 0.572. The van der Waals surface area contributed by atoms with Gasteiger partial charge in [0.2, 0.25) is 0 Å². The molecule has 2 fully saturated rings. The lowest BCUT2D eigenvalue weighted by molar-refractivity contribution is -0.122. The molecule has 194 valence electrons. The fourth-order valence-corrected chi connectivity index (χ4v) is 6.02. The number of amides is 1. The van der Waals surface area contributed by atoms with Gasteiger partial charge >= 0.3 is 0 Å². The summed E-state index contributed by atoms with van der Waals surface area (Å²) in [6, 6.07) is 9.51. The van der Waals surface area contributed by atoms with E-state index in [1.807, 2.05) is 24.3 Å². The third kappa shape index (κ3) is 5.63. The van der Waals surface area contributed by atoms with E-state index in [2.05, 4.69) is 29.8 Å². The second kappa shape index (κ2) is 11.8. The van der Waals surface area contributed by atoms with Crippen LogP contribution in [0.1, 0.15) is 42.0 Å². The van der Waals surface area contributed by atoms with Gasteiger partial charge in [0, 0.05) is 43.3 Å². The number of rotatable bonds is 7. The highest BCUT2D eigenvalue weighted by atomic mass is 35.5. The van der Waals surface area contributed by atoms with E-state index in [0.717, 1.165) is 56.0 Å². The van der Waals surface area contributed by atoms with Crippen molar-refractivity contribution in [3.8, 4) is 6.07 Å². The number of anilines is 1. The van der Waals surface area contributed by atoms with E-state index >= 15 is 0 Å². The summed E-state index contributed by atoms with van der Waals surface area (Å²) in [5, 5.41) is 10.5. The van der Waals surface area contributed by atoms with Crippen molar-refractivity contribution in [3.63, 3.8) is 0 Å². The van der Waals surface area contributed by atoms with E-state index in [-0.39, 0.29) is 23.6 Å². The molecule has 2 aliphatic rings. The van der Waals surface area contributed by atoms with Crippen LogP contribution in [0.25, 0.3) is 6.08 Å². The van der Waals surface area contributed by atoms with Gasteiger partial charge in [0.15, 0.2) is 0 Å². The number of nitrogens with zero attached hydrogens (tertiary/aromatic N) is 5. The maximum atomic E-state index is 13.5. The van der Waals surface area contributed by atoms with Crippen molar-refractivity contribution in [3.05, 3.63) is 66.8 Å². The molecule has 0 bridgehead atoms. The Balaban J connectivity index is 1.82. The maximum absolute atomic E-state index is 13.5. The Bertz CT molecular complexity index is 1360. The van der Waals surface area contributed by atoms with Crippen molar-refractivity contribution in [2.45, 2.75) is 39.8 Å². The number of nitriles is 1. The van der Waals surface area contributed by atoms with Gasteiger partial charge in [0.1, 0.15) is 21.8 Å². The van der Waals surface area contributed by atoms with Crippen molar-refractivity contribution in [2.24, 2.45) is 0 Å². The number of thiocarbonyl (C=S) groups is 1. The average Bonchev–Trinajstić information content (AvgIpc) is 3.14. The van der Waals surface area contributed by atoms with E-state index in [9.17, 15) is 14.9 Å². The van der Waals surface area contributed by atoms with E-state index in [1.165, 1.54) is 11.8 Å². The molecule has 0 aliphatic carbocycles. The molecule has 0 radical (unpaired) electrons. The van der Waals surface area contributed by atoms with Crippen LogP contribution in [-0.2, 0) is 17.9 Å². The first kappa shape index (κ1) is 27.4. The van der Waals surface area contributed by atoms with E-state index in [4.69, 9.17) is 23.8 Å². The smallest absolute Gasteiger partial charge is 0.270 e. The first-order valence-electron chi connectivity index (χ1n) is 12.4. The monoisotopic (exact) mass is 555 g/mol. The molecule has 4 rings (SSSR count). The van der Waals surface area contributed by atoms with Crippen molar-refractivity contribution < 1.29 is 4.79 Å². The summed E-state index contributed by atoms with van der Waals surface area (Å²) in [6.07, 6.45) is 3.55. The second-order valence-corrected chi connectivity index (χ2v) is 11.4. The number of piperazine rings is 1. The number of hydrogen-bond acceptors (Lipinski definition) is 7. The lowest BCUT2D eigenvalue weighted by atomic mass is 10.0. The molecule has 7 nitrogen and oxygen atoms in total. The number of halogens is 1. The van der Waals surface area contributed by atoms with E-state index < -0.39 is 0 Å². The molecule has 2 aromatic rings. The van der Waals surface area contributed by atoms with Crippen LogP contribution >= 0.6 is 35.6 Å². The fourth-order valence-electron chi connectivity index (χ4n) is 4.59. The van der Waals surface area contributed by atoms with E-state index in [1.54, 1.807) is 22.5 Å². The van der Waals surface area contributed by atoms with Crippen LogP contribution in [-0.4, -0.2) is 57.8 Å². The Labute approximate surface area is 232 Å². The first-order chi connectivity index (χ1) is 17.8. The lowest BCUT2D eigenvalue weighted by Crippen LogP contribution is -2.47. The Morgan fingerprint density at radius 1 is 1.19 bits per heavy atom. The number of unbranched alkanes of at least 4 members (excludes halogenated alkanes) is 1. The fraction of sp³-hybridized carbons (Fsp3) is 0.407. The summed E-state index contributed by atoms with van der Waals surface area (Å²) in [7, 11) is 2.08. The predicted octanol–water partition coefficient (Wildman–Crippen LogP) is 4.64. The van der Waals surface area contributed by atoms with Crippen LogP contribution in [0, 0.1) is 18.3 Å². The highest BCUT2D eigenvalue weighted by molar-refractivity contribution is 8.26. The number of benzene rings is 1. The molecule has 1 aromatic heterocycles. The Kier molecular flexibility index (Phi) is 8.75. The zero-order valence-electron chi connectivity index (χ0n) is 21.3. The minimum atomic E-state index is -0.272. The molecule has 0 unspecified atom stereocenters. The van der Waals surface area contributed by atoms with Gasteiger partial charge in [-0.15, -0.1) is 0 Å². The van der Waals surface area contributed by atoms with Gasteiger partial charge in [0.05, 0.1) is 11.4 Å². The minimum Gasteiger partial charge on any atom is -0.355 e. The zero-order valence-corrected chi connectivity index (χ0v) is 23.7. The number of pyridine rings is 1. The summed E-state index contributed by atoms with van der Waals surface area (Å²) < 4.78 is 2.19. The predicted molar refractivity (Wildman–Crippen MR) is 155 cm³/mol. The van der Waals surface area contributed by atoms with Gasteiger partial charge < -0.3 is 9.80 Å². The molecule has 2 saturated heterocycles. The second-order valence-electron chi connectivity index (χ2n) is 9.31. The minimum absolute atomic E-state index is 0.117. The Hall–Kier alpha value is -2.64. The molecular formula is C27H30ClN5O2S2. The molecule has 10 heteroatoms. The number of likely N-dealkylation sites (N-methyl/N-ethyl adjacent to an activating group) is 1. The molecule has 2 aliphatic heterocycles. The van der Waals surface area contributed by atoms with Crippen molar-refractivity contribution in [1.29, 1.82) is 5.26 Å². The molecule has 0 spiro atoms. The molecule has 1 amide bonds. The maximum Gasteiger partial charge on any atom is 0.270 e. The van der Waals surface area contributed by atoms with Crippen LogP contribution in [0.5, 0.6) is 0 Å². The Morgan fingerprint density at radius 3 is 2.54 bits per heavy atom. The van der Waals surface area contributed by atoms with E-state index in [0.29, 0.717) is 26.4 Å². The third-order valence-electron chi connectivity index (χ3n) is 6.82. The number of aromatic nitrogens is 1. The van der Waals surface area contributed by atoms with Crippen molar-refractivity contribution in [2.75, 3.05) is 38.1 Å². The molecule has 37 heavy (non-hydrogen) atoms. The van der Waals surface area contributed by atoms with Gasteiger partial charge in [-0.1, -0.05) is 67.1 Å². The molecule has 1 aromatic carbocycles. The summed E-state index contributed by atoms with van der Waals surface area (Å²) in [5.41, 5.74) is 1.98. The number of hydrogen-bond donors (Lipinski definition) is 0. The van der Waals surface area contributed by atoms with Gasteiger partial charge in [0.25, 0.3) is 11.5 Å². The van der Waals surface area contributed by atoms with Gasteiger partial charge in [-0.05, 0) is 43.7 Å². The van der Waals surface area contributed by atoms with Crippen molar-refractivity contribution >= 4 is 57.7 Å². The van der Waals surface area contributed by atoms with Gasteiger partial charge in [-0.25, -0.2) is 0 Å². The number of thioether (sulfide) groups is 1. The van der Waals surface area contributed by atoms with Gasteiger partial charge in [-0.2, -0.15) is 5.26 Å². The normalized spacial score (nSPS) is 17.6. The molecule has 3 heterocycles. The zero-order chi connectivity index (χ0) is 26.7. The topological polar surface area (TPSA) is 72.6 Å². The quantitative estimate of drug-likeness (QED) is 0.364. The highest BCUT2D eigenvalue weighted by Gasteiger charge is 2.34. The summed E-state index contributed by atoms with van der Waals surface area (Å²) >= 11 is 13.1. The van der Waals surface area contributed by atoms with Crippen LogP contribution in [0.15, 0.2) is 34.0 Å². The number of carbonyl (C=O) groups excluding carboxylic acids is 1. The standard InChI is InChI=1S/C27H30ClN5O2S2/c1-4-5-10-32-24(31-13-11-30(3)12-14-31)20(18(2)21(16-29)25(32)34)15-23-26(35)33(27(36)37-23)17-19-8-6-7-9-22(19)28/h6-9,15H,4-5,10-14,17H2,1-3H3/b23-15+. The average molecular weight is 556 g/mol. The summed E-state index contributed by atoms with van der Waals surface area (Å²) in [6.45, 7) is 7.89. The molecule has 0 saturated carbocycles. The SMILES string of the molecule is CCCCn1c(N2CCN(C)CC2)c(/C=C2/SC(=S)N(Cc3ccccc3Cl)C2=O)c(C)c(C#N)c1=O. The van der Waals surface area contributed by atoms with Crippen LogP contribution in [0.2, 0.25) is 5.02 Å². The van der Waals surface area contributed by atoms with Crippen LogP contribution in [0.4, 0.5) is 5.82 Å². The van der Waals surface area contributed by atoms with Gasteiger partial charge in [-0.3, -0.25) is 19.1 Å². The van der Waals surface area contributed by atoms with Crippen molar-refractivity contribution in [1.82, 2.24) is 14.4 Å². The third-order valence-corrected chi connectivity index (χ3v) is 8.57. The molecule has 0 N–H and O–H groups in total. The largest absolute Gasteiger partial charge is 0.355 e. The Morgan fingerprint density at radius 2 is 1.89 bits per heavy atom.